The van der Waals surface area contributed by atoms with Crippen molar-refractivity contribution in [3.8, 4) is 5.69 Å². The molecule has 1 atom stereocenters. The molecule has 1 amide bonds. The average Bonchev–Trinajstić information content (AvgIpc) is 2.90. The molecule has 0 saturated carbocycles. The summed E-state index contributed by atoms with van der Waals surface area (Å²) in [6, 6.07) is 6.42. The summed E-state index contributed by atoms with van der Waals surface area (Å²) in [7, 11) is 0. The fourth-order valence-corrected chi connectivity index (χ4v) is 2.00. The van der Waals surface area contributed by atoms with Crippen LogP contribution in [-0.2, 0) is 4.79 Å². The Hall–Kier alpha value is -1.85. The molecule has 0 saturated heterocycles. The van der Waals surface area contributed by atoms with Gasteiger partial charge >= 0.3 is 0 Å². The lowest BCUT2D eigenvalue weighted by atomic mass is 9.87. The Bertz CT molecular complexity index is 632. The number of nitrogens with one attached hydrogen (secondary N) is 1. The van der Waals surface area contributed by atoms with Crippen LogP contribution in [0.1, 0.15) is 20.8 Å². The number of aromatic nitrogens is 2. The number of rotatable bonds is 3. The highest BCUT2D eigenvalue weighted by atomic mass is 35.5. The van der Waals surface area contributed by atoms with Gasteiger partial charge in [0.05, 0.1) is 17.4 Å². The van der Waals surface area contributed by atoms with Crippen LogP contribution in [0.5, 0.6) is 0 Å². The maximum Gasteiger partial charge on any atom is 0.241 e. The van der Waals surface area contributed by atoms with Crippen molar-refractivity contribution in [3.63, 3.8) is 0 Å². The molecule has 0 bridgehead atoms. The predicted octanol–water partition coefficient (Wildman–Crippen LogP) is 2.84. The normalized spacial score (nSPS) is 13.0. The highest BCUT2D eigenvalue weighted by Gasteiger charge is 2.28. The number of carbonyl (C=O) groups is 1. The van der Waals surface area contributed by atoms with Gasteiger partial charge in [-0.15, -0.1) is 0 Å². The zero-order chi connectivity index (χ0) is 15.6. The van der Waals surface area contributed by atoms with E-state index in [0.717, 1.165) is 5.69 Å². The van der Waals surface area contributed by atoms with Gasteiger partial charge in [0, 0.05) is 17.4 Å². The third kappa shape index (κ3) is 3.62. The number of nitrogens with two attached hydrogens (primary N) is 1. The molecule has 21 heavy (non-hydrogen) atoms. The maximum atomic E-state index is 12.3. The van der Waals surface area contributed by atoms with Gasteiger partial charge in [0.15, 0.2) is 0 Å². The second-order valence-electron chi connectivity index (χ2n) is 5.95. The Morgan fingerprint density at radius 3 is 2.71 bits per heavy atom. The van der Waals surface area contributed by atoms with Crippen LogP contribution in [0.15, 0.2) is 36.7 Å². The topological polar surface area (TPSA) is 72.9 Å². The van der Waals surface area contributed by atoms with Gasteiger partial charge in [-0.05, 0) is 29.7 Å². The van der Waals surface area contributed by atoms with Crippen molar-refractivity contribution in [3.05, 3.63) is 41.7 Å². The number of halogens is 1. The van der Waals surface area contributed by atoms with Gasteiger partial charge in [-0.1, -0.05) is 32.4 Å². The van der Waals surface area contributed by atoms with E-state index in [-0.39, 0.29) is 11.3 Å². The van der Waals surface area contributed by atoms with Gasteiger partial charge in [0.25, 0.3) is 0 Å². The third-order valence-electron chi connectivity index (χ3n) is 3.18. The summed E-state index contributed by atoms with van der Waals surface area (Å²) < 4.78 is 1.66. The summed E-state index contributed by atoms with van der Waals surface area (Å²) in [6.45, 7) is 5.76. The van der Waals surface area contributed by atoms with Crippen molar-refractivity contribution in [1.29, 1.82) is 0 Å². The first-order chi connectivity index (χ1) is 9.79. The Balaban J connectivity index is 2.32. The zero-order valence-electron chi connectivity index (χ0n) is 12.3. The van der Waals surface area contributed by atoms with E-state index in [9.17, 15) is 4.79 Å². The van der Waals surface area contributed by atoms with Gasteiger partial charge in [0.1, 0.15) is 0 Å². The van der Waals surface area contributed by atoms with Crippen LogP contribution in [0.25, 0.3) is 5.69 Å². The molecule has 6 heteroatoms. The monoisotopic (exact) mass is 306 g/mol. The number of hydrogen-bond donors (Lipinski definition) is 2. The summed E-state index contributed by atoms with van der Waals surface area (Å²) in [4.78, 5) is 12.3. The minimum absolute atomic E-state index is 0.252. The standard InChI is InChI=1S/C15H19ClN4O/c1-15(2,3)13(17)14(21)19-11-9-10(16)5-6-12(11)20-8-4-7-18-20/h4-9,13H,17H2,1-3H3,(H,19,21). The third-order valence-corrected chi connectivity index (χ3v) is 3.42. The van der Waals surface area contributed by atoms with Crippen LogP contribution in [0.3, 0.4) is 0 Å². The summed E-state index contributed by atoms with van der Waals surface area (Å²) in [5, 5.41) is 7.54. The molecule has 0 fully saturated rings. The van der Waals surface area contributed by atoms with E-state index in [4.69, 9.17) is 17.3 Å². The number of carbonyl (C=O) groups excluding carboxylic acids is 1. The molecule has 1 aromatic carbocycles. The number of nitrogens with zero attached hydrogens (tertiary/aromatic N) is 2. The number of benzene rings is 1. The van der Waals surface area contributed by atoms with E-state index in [1.54, 1.807) is 41.3 Å². The van der Waals surface area contributed by atoms with E-state index in [0.29, 0.717) is 10.7 Å². The molecule has 112 valence electrons. The second kappa shape index (κ2) is 5.87. The highest BCUT2D eigenvalue weighted by Crippen LogP contribution is 2.25. The lowest BCUT2D eigenvalue weighted by Gasteiger charge is -2.26. The molecule has 5 nitrogen and oxygen atoms in total. The summed E-state index contributed by atoms with van der Waals surface area (Å²) in [5.74, 6) is -0.252. The van der Waals surface area contributed by atoms with Gasteiger partial charge in [-0.3, -0.25) is 4.79 Å². The zero-order valence-corrected chi connectivity index (χ0v) is 13.1. The van der Waals surface area contributed by atoms with Gasteiger partial charge < -0.3 is 11.1 Å². The Labute approximate surface area is 129 Å². The fourth-order valence-electron chi connectivity index (χ4n) is 1.82. The average molecular weight is 307 g/mol. The molecule has 1 heterocycles. The number of hydrogen-bond acceptors (Lipinski definition) is 3. The lowest BCUT2D eigenvalue weighted by molar-refractivity contribution is -0.119. The molecular weight excluding hydrogens is 288 g/mol. The van der Waals surface area contributed by atoms with Crippen molar-refractivity contribution >= 4 is 23.2 Å². The Morgan fingerprint density at radius 1 is 1.43 bits per heavy atom. The minimum Gasteiger partial charge on any atom is -0.323 e. The maximum absolute atomic E-state index is 12.3. The highest BCUT2D eigenvalue weighted by molar-refractivity contribution is 6.31. The molecule has 0 aliphatic heterocycles. The lowest BCUT2D eigenvalue weighted by Crippen LogP contribution is -2.45. The summed E-state index contributed by atoms with van der Waals surface area (Å²) in [5.41, 5.74) is 6.97. The smallest absolute Gasteiger partial charge is 0.241 e. The molecule has 0 radical (unpaired) electrons. The Kier molecular flexibility index (Phi) is 4.34. The van der Waals surface area contributed by atoms with Crippen LogP contribution in [0.2, 0.25) is 5.02 Å². The SMILES string of the molecule is CC(C)(C)C(N)C(=O)Nc1cc(Cl)ccc1-n1cccn1. The van der Waals surface area contributed by atoms with Gasteiger partial charge in [0.2, 0.25) is 5.91 Å². The van der Waals surface area contributed by atoms with Gasteiger partial charge in [-0.25, -0.2) is 4.68 Å². The van der Waals surface area contributed by atoms with Crippen LogP contribution >= 0.6 is 11.6 Å². The second-order valence-corrected chi connectivity index (χ2v) is 6.38. The van der Waals surface area contributed by atoms with E-state index in [2.05, 4.69) is 10.4 Å². The molecule has 3 N–H and O–H groups in total. The molecule has 0 aliphatic rings. The van der Waals surface area contributed by atoms with Crippen LogP contribution in [0, 0.1) is 5.41 Å². The first kappa shape index (κ1) is 15.5. The molecule has 1 unspecified atom stereocenters. The van der Waals surface area contributed by atoms with Crippen molar-refractivity contribution < 1.29 is 4.79 Å². The molecule has 2 aromatic rings. The van der Waals surface area contributed by atoms with E-state index >= 15 is 0 Å². The molecule has 0 spiro atoms. The molecule has 0 aliphatic carbocycles. The molecule has 2 rings (SSSR count). The van der Waals surface area contributed by atoms with Crippen molar-refractivity contribution in [2.45, 2.75) is 26.8 Å². The van der Waals surface area contributed by atoms with Crippen LogP contribution in [-0.4, -0.2) is 21.7 Å². The summed E-state index contributed by atoms with van der Waals surface area (Å²) in [6.07, 6.45) is 3.46. The summed E-state index contributed by atoms with van der Waals surface area (Å²) >= 11 is 6.02. The van der Waals surface area contributed by atoms with Crippen molar-refractivity contribution in [1.82, 2.24) is 9.78 Å². The van der Waals surface area contributed by atoms with Gasteiger partial charge in [-0.2, -0.15) is 5.10 Å². The number of anilines is 1. The van der Waals surface area contributed by atoms with Crippen molar-refractivity contribution in [2.24, 2.45) is 11.1 Å². The quantitative estimate of drug-likeness (QED) is 0.916. The van der Waals surface area contributed by atoms with E-state index in [1.165, 1.54) is 0 Å². The van der Waals surface area contributed by atoms with Crippen molar-refractivity contribution in [2.75, 3.05) is 5.32 Å². The fraction of sp³-hybridized carbons (Fsp3) is 0.333. The first-order valence-corrected chi connectivity index (χ1v) is 7.03. The molecule has 1 aromatic heterocycles. The van der Waals surface area contributed by atoms with E-state index < -0.39 is 6.04 Å². The first-order valence-electron chi connectivity index (χ1n) is 6.65. The Morgan fingerprint density at radius 2 is 2.14 bits per heavy atom. The minimum atomic E-state index is -0.623. The largest absolute Gasteiger partial charge is 0.323 e. The van der Waals surface area contributed by atoms with Crippen LogP contribution < -0.4 is 11.1 Å². The molecular formula is C15H19ClN4O. The predicted molar refractivity (Wildman–Crippen MR) is 84.6 cm³/mol. The van der Waals surface area contributed by atoms with Crippen LogP contribution in [0.4, 0.5) is 5.69 Å². The number of amides is 1. The van der Waals surface area contributed by atoms with E-state index in [1.807, 2.05) is 20.8 Å².